The molecule has 6 heteroatoms. The smallest absolute Gasteiger partial charge is 0.251 e. The normalized spacial score (nSPS) is 10.2. The van der Waals surface area contributed by atoms with Gasteiger partial charge in [0.15, 0.2) is 0 Å². The van der Waals surface area contributed by atoms with E-state index in [0.29, 0.717) is 23.5 Å². The summed E-state index contributed by atoms with van der Waals surface area (Å²) >= 11 is 5.77. The Morgan fingerprint density at radius 2 is 2.10 bits per heavy atom. The number of nitrogens with one attached hydrogen (secondary N) is 1. The molecule has 0 bridgehead atoms. The Balaban J connectivity index is 2.03. The molecule has 2 aromatic rings. The van der Waals surface area contributed by atoms with Crippen LogP contribution >= 0.6 is 11.6 Å². The van der Waals surface area contributed by atoms with Crippen molar-refractivity contribution in [1.29, 1.82) is 0 Å². The standard InChI is InChI=1S/C15H15ClN2O3/c1-21-14-5-2-9(6-12(14)17)8-18-15(20)10-3-4-13(19)11(16)7-10/h2-7,19H,8,17H2,1H3,(H,18,20). The first kappa shape index (κ1) is 15.0. The second-order valence-corrected chi connectivity index (χ2v) is 4.83. The highest BCUT2D eigenvalue weighted by Gasteiger charge is 2.08. The summed E-state index contributed by atoms with van der Waals surface area (Å²) in [7, 11) is 1.54. The zero-order valence-corrected chi connectivity index (χ0v) is 12.1. The Morgan fingerprint density at radius 1 is 1.33 bits per heavy atom. The third kappa shape index (κ3) is 3.58. The van der Waals surface area contributed by atoms with Crippen molar-refractivity contribution >= 4 is 23.2 Å². The first-order chi connectivity index (χ1) is 10.0. The summed E-state index contributed by atoms with van der Waals surface area (Å²) in [5.41, 5.74) is 7.54. The second kappa shape index (κ2) is 6.37. The Hall–Kier alpha value is -2.40. The van der Waals surface area contributed by atoms with E-state index >= 15 is 0 Å². The molecule has 21 heavy (non-hydrogen) atoms. The Morgan fingerprint density at radius 3 is 2.71 bits per heavy atom. The lowest BCUT2D eigenvalue weighted by Gasteiger charge is -2.09. The van der Waals surface area contributed by atoms with Crippen molar-refractivity contribution in [2.45, 2.75) is 6.54 Å². The number of ether oxygens (including phenoxy) is 1. The number of methoxy groups -OCH3 is 1. The van der Waals surface area contributed by atoms with Crippen LogP contribution in [0.25, 0.3) is 0 Å². The SMILES string of the molecule is COc1ccc(CNC(=O)c2ccc(O)c(Cl)c2)cc1N. The number of anilines is 1. The number of halogens is 1. The van der Waals surface area contributed by atoms with Crippen molar-refractivity contribution in [3.8, 4) is 11.5 Å². The number of rotatable bonds is 4. The van der Waals surface area contributed by atoms with Gasteiger partial charge >= 0.3 is 0 Å². The van der Waals surface area contributed by atoms with Gasteiger partial charge in [0, 0.05) is 12.1 Å². The van der Waals surface area contributed by atoms with Crippen LogP contribution in [0.5, 0.6) is 11.5 Å². The van der Waals surface area contributed by atoms with Gasteiger partial charge in [0.25, 0.3) is 5.91 Å². The molecule has 0 aliphatic heterocycles. The summed E-state index contributed by atoms with van der Waals surface area (Å²) in [4.78, 5) is 12.0. The Kier molecular flexibility index (Phi) is 4.55. The highest BCUT2D eigenvalue weighted by molar-refractivity contribution is 6.32. The monoisotopic (exact) mass is 306 g/mol. The lowest BCUT2D eigenvalue weighted by Crippen LogP contribution is -2.22. The first-order valence-electron chi connectivity index (χ1n) is 6.20. The molecular weight excluding hydrogens is 292 g/mol. The number of amides is 1. The van der Waals surface area contributed by atoms with E-state index in [1.165, 1.54) is 18.2 Å². The van der Waals surface area contributed by atoms with E-state index in [2.05, 4.69) is 5.32 Å². The largest absolute Gasteiger partial charge is 0.506 e. The van der Waals surface area contributed by atoms with E-state index in [9.17, 15) is 9.90 Å². The number of phenols is 1. The zero-order chi connectivity index (χ0) is 15.4. The van der Waals surface area contributed by atoms with Crippen LogP contribution in [0.1, 0.15) is 15.9 Å². The van der Waals surface area contributed by atoms with Gasteiger partial charge in [-0.2, -0.15) is 0 Å². The molecule has 110 valence electrons. The van der Waals surface area contributed by atoms with Gasteiger partial charge in [0.2, 0.25) is 0 Å². The molecule has 1 amide bonds. The molecule has 0 aliphatic carbocycles. The van der Waals surface area contributed by atoms with Crippen LogP contribution in [0.4, 0.5) is 5.69 Å². The van der Waals surface area contributed by atoms with E-state index < -0.39 is 0 Å². The predicted octanol–water partition coefficient (Wildman–Crippen LogP) is 2.57. The lowest BCUT2D eigenvalue weighted by molar-refractivity contribution is 0.0951. The van der Waals surface area contributed by atoms with Gasteiger partial charge in [-0.3, -0.25) is 4.79 Å². The van der Waals surface area contributed by atoms with Gasteiger partial charge < -0.3 is 20.9 Å². The van der Waals surface area contributed by atoms with Crippen molar-refractivity contribution in [2.24, 2.45) is 0 Å². The van der Waals surface area contributed by atoms with Crippen molar-refractivity contribution < 1.29 is 14.6 Å². The van der Waals surface area contributed by atoms with Crippen molar-refractivity contribution in [2.75, 3.05) is 12.8 Å². The van der Waals surface area contributed by atoms with Gasteiger partial charge in [0.05, 0.1) is 17.8 Å². The topological polar surface area (TPSA) is 84.6 Å². The van der Waals surface area contributed by atoms with Crippen LogP contribution in [0.2, 0.25) is 5.02 Å². The number of hydrogen-bond donors (Lipinski definition) is 3. The quantitative estimate of drug-likeness (QED) is 0.758. The van der Waals surface area contributed by atoms with Crippen molar-refractivity contribution in [3.05, 3.63) is 52.5 Å². The van der Waals surface area contributed by atoms with Crippen molar-refractivity contribution in [1.82, 2.24) is 5.32 Å². The fourth-order valence-electron chi connectivity index (χ4n) is 1.83. The molecule has 0 spiro atoms. The molecule has 0 unspecified atom stereocenters. The average Bonchev–Trinajstić information content (AvgIpc) is 2.47. The van der Waals surface area contributed by atoms with Crippen LogP contribution in [0, 0.1) is 0 Å². The van der Waals surface area contributed by atoms with Crippen LogP contribution in [-0.2, 0) is 6.54 Å². The molecule has 0 saturated heterocycles. The molecule has 0 heterocycles. The van der Waals surface area contributed by atoms with Crippen molar-refractivity contribution in [3.63, 3.8) is 0 Å². The van der Waals surface area contributed by atoms with Gasteiger partial charge in [-0.05, 0) is 35.9 Å². The number of nitrogen functional groups attached to an aromatic ring is 1. The summed E-state index contributed by atoms with van der Waals surface area (Å²) < 4.78 is 5.07. The molecule has 0 fully saturated rings. The predicted molar refractivity (Wildman–Crippen MR) is 81.7 cm³/mol. The third-order valence-electron chi connectivity index (χ3n) is 2.96. The second-order valence-electron chi connectivity index (χ2n) is 4.43. The van der Waals surface area contributed by atoms with Crippen LogP contribution in [-0.4, -0.2) is 18.1 Å². The number of carbonyl (C=O) groups excluding carboxylic acids is 1. The van der Waals surface area contributed by atoms with Crippen LogP contribution in [0.3, 0.4) is 0 Å². The van der Waals surface area contributed by atoms with E-state index in [4.69, 9.17) is 22.1 Å². The highest BCUT2D eigenvalue weighted by atomic mass is 35.5. The summed E-state index contributed by atoms with van der Waals surface area (Å²) in [6, 6.07) is 9.59. The van der Waals surface area contributed by atoms with Gasteiger partial charge in [-0.15, -0.1) is 0 Å². The summed E-state index contributed by atoms with van der Waals surface area (Å²) in [6.07, 6.45) is 0. The maximum absolute atomic E-state index is 12.0. The molecular formula is C15H15ClN2O3. The van der Waals surface area contributed by atoms with Gasteiger partial charge in [-0.25, -0.2) is 0 Å². The number of phenolic OH excluding ortho intramolecular Hbond substituents is 1. The highest BCUT2D eigenvalue weighted by Crippen LogP contribution is 2.24. The Labute approximate surface area is 127 Å². The summed E-state index contributed by atoms with van der Waals surface area (Å²) in [5, 5.41) is 12.2. The maximum atomic E-state index is 12.0. The number of benzene rings is 2. The summed E-state index contributed by atoms with van der Waals surface area (Å²) in [6.45, 7) is 0.325. The zero-order valence-electron chi connectivity index (χ0n) is 11.4. The van der Waals surface area contributed by atoms with E-state index in [1.54, 1.807) is 19.2 Å². The number of nitrogens with two attached hydrogens (primary N) is 1. The third-order valence-corrected chi connectivity index (χ3v) is 3.26. The minimum Gasteiger partial charge on any atom is -0.506 e. The Bertz CT molecular complexity index is 674. The summed E-state index contributed by atoms with van der Waals surface area (Å²) in [5.74, 6) is 0.248. The number of aromatic hydroxyl groups is 1. The molecule has 2 rings (SSSR count). The van der Waals surface area contributed by atoms with E-state index in [-0.39, 0.29) is 16.7 Å². The fraction of sp³-hybridized carbons (Fsp3) is 0.133. The fourth-order valence-corrected chi connectivity index (χ4v) is 2.01. The van der Waals surface area contributed by atoms with E-state index in [1.807, 2.05) is 6.07 Å². The minimum atomic E-state index is -0.286. The molecule has 0 aliphatic rings. The lowest BCUT2D eigenvalue weighted by atomic mass is 10.1. The van der Waals surface area contributed by atoms with Gasteiger partial charge in [0.1, 0.15) is 11.5 Å². The first-order valence-corrected chi connectivity index (χ1v) is 6.58. The number of carbonyl (C=O) groups is 1. The van der Waals surface area contributed by atoms with Crippen LogP contribution < -0.4 is 15.8 Å². The average molecular weight is 307 g/mol. The maximum Gasteiger partial charge on any atom is 0.251 e. The molecule has 0 aromatic heterocycles. The minimum absolute atomic E-state index is 0.0591. The molecule has 0 saturated carbocycles. The molecule has 4 N–H and O–H groups in total. The van der Waals surface area contributed by atoms with E-state index in [0.717, 1.165) is 5.56 Å². The molecule has 5 nitrogen and oxygen atoms in total. The molecule has 0 radical (unpaired) electrons. The molecule has 0 atom stereocenters. The van der Waals surface area contributed by atoms with Gasteiger partial charge in [-0.1, -0.05) is 17.7 Å². The molecule has 2 aromatic carbocycles. The van der Waals surface area contributed by atoms with Crippen LogP contribution in [0.15, 0.2) is 36.4 Å². The number of hydrogen-bond acceptors (Lipinski definition) is 4.